The van der Waals surface area contributed by atoms with Gasteiger partial charge in [-0.25, -0.2) is 9.78 Å². The number of methoxy groups -OCH3 is 1. The predicted molar refractivity (Wildman–Crippen MR) is 142 cm³/mol. The summed E-state index contributed by atoms with van der Waals surface area (Å²) in [6, 6.07) is 16.4. The Bertz CT molecular complexity index is 1360. The third kappa shape index (κ3) is 4.42. The fourth-order valence-electron chi connectivity index (χ4n) is 5.13. The summed E-state index contributed by atoms with van der Waals surface area (Å²) in [5, 5.41) is 0. The molecule has 3 heterocycles. The number of benzene rings is 2. The van der Waals surface area contributed by atoms with Gasteiger partial charge in [0, 0.05) is 61.7 Å². The van der Waals surface area contributed by atoms with Gasteiger partial charge in [-0.15, -0.1) is 0 Å². The van der Waals surface area contributed by atoms with Gasteiger partial charge in [-0.05, 0) is 53.9 Å². The van der Waals surface area contributed by atoms with Crippen molar-refractivity contribution < 1.29 is 19.1 Å². The summed E-state index contributed by atoms with van der Waals surface area (Å²) in [5.74, 6) is 0.140. The SMILES string of the molecule is CCc1c(-c2ccc(N3C(=O)CC[C@H]3OC)cc2)ccnc1N1CCN(c2cccc(C(N)=O)c2)C1=O. The van der Waals surface area contributed by atoms with E-state index in [1.807, 2.05) is 37.3 Å². The fourth-order valence-corrected chi connectivity index (χ4v) is 5.13. The minimum atomic E-state index is -0.536. The molecule has 2 N–H and O–H groups in total. The third-order valence-electron chi connectivity index (χ3n) is 6.98. The summed E-state index contributed by atoms with van der Waals surface area (Å²) in [5.41, 5.74) is 10.1. The van der Waals surface area contributed by atoms with Crippen molar-refractivity contribution >= 4 is 35.0 Å². The number of carbonyl (C=O) groups is 3. The Morgan fingerprint density at radius 1 is 1.05 bits per heavy atom. The largest absolute Gasteiger partial charge is 0.366 e. The van der Waals surface area contributed by atoms with Crippen LogP contribution in [0.2, 0.25) is 0 Å². The Labute approximate surface area is 215 Å². The van der Waals surface area contributed by atoms with Gasteiger partial charge in [0.2, 0.25) is 11.8 Å². The number of nitrogens with zero attached hydrogens (tertiary/aromatic N) is 4. The lowest BCUT2D eigenvalue weighted by molar-refractivity contribution is -0.117. The highest BCUT2D eigenvalue weighted by molar-refractivity contribution is 6.07. The van der Waals surface area contributed by atoms with E-state index in [4.69, 9.17) is 10.5 Å². The molecule has 4 amide bonds. The van der Waals surface area contributed by atoms with Crippen LogP contribution in [0.5, 0.6) is 0 Å². The lowest BCUT2D eigenvalue weighted by Crippen LogP contribution is -2.34. The molecule has 0 radical (unpaired) electrons. The Kier molecular flexibility index (Phi) is 6.62. The van der Waals surface area contributed by atoms with Crippen LogP contribution in [0.25, 0.3) is 11.1 Å². The number of rotatable bonds is 7. The van der Waals surface area contributed by atoms with E-state index in [0.29, 0.717) is 49.4 Å². The first-order valence-electron chi connectivity index (χ1n) is 12.3. The van der Waals surface area contributed by atoms with Crippen LogP contribution in [0.15, 0.2) is 60.8 Å². The molecule has 0 aliphatic carbocycles. The van der Waals surface area contributed by atoms with Crippen LogP contribution in [-0.4, -0.2) is 49.3 Å². The zero-order valence-electron chi connectivity index (χ0n) is 20.9. The maximum Gasteiger partial charge on any atom is 0.330 e. The van der Waals surface area contributed by atoms with Gasteiger partial charge in [-0.2, -0.15) is 0 Å². The van der Waals surface area contributed by atoms with Crippen molar-refractivity contribution in [2.75, 3.05) is 34.9 Å². The molecule has 0 bridgehead atoms. The van der Waals surface area contributed by atoms with Gasteiger partial charge in [-0.1, -0.05) is 25.1 Å². The summed E-state index contributed by atoms with van der Waals surface area (Å²) in [4.78, 5) is 47.0. The van der Waals surface area contributed by atoms with Gasteiger partial charge in [0.1, 0.15) is 12.0 Å². The average molecular weight is 500 g/mol. The van der Waals surface area contributed by atoms with Gasteiger partial charge >= 0.3 is 6.03 Å². The lowest BCUT2D eigenvalue weighted by atomic mass is 9.98. The average Bonchev–Trinajstić information content (AvgIpc) is 3.50. The molecule has 37 heavy (non-hydrogen) atoms. The predicted octanol–water partition coefficient (Wildman–Crippen LogP) is 3.96. The van der Waals surface area contributed by atoms with Crippen LogP contribution in [-0.2, 0) is 16.0 Å². The van der Waals surface area contributed by atoms with Gasteiger partial charge in [-0.3, -0.25) is 24.3 Å². The molecule has 2 aromatic carbocycles. The van der Waals surface area contributed by atoms with E-state index in [2.05, 4.69) is 4.98 Å². The molecule has 9 heteroatoms. The topological polar surface area (TPSA) is 109 Å². The number of nitrogens with two attached hydrogens (primary N) is 1. The number of ether oxygens (including phenoxy) is 1. The first-order chi connectivity index (χ1) is 17.9. The molecule has 1 atom stereocenters. The molecule has 2 fully saturated rings. The maximum atomic E-state index is 13.4. The van der Waals surface area contributed by atoms with E-state index in [1.54, 1.807) is 52.3 Å². The number of carbonyl (C=O) groups excluding carboxylic acids is 3. The van der Waals surface area contributed by atoms with E-state index >= 15 is 0 Å². The molecule has 1 aromatic heterocycles. The maximum absolute atomic E-state index is 13.4. The number of urea groups is 1. The molecular weight excluding hydrogens is 470 g/mol. The first-order valence-corrected chi connectivity index (χ1v) is 12.3. The van der Waals surface area contributed by atoms with E-state index in [-0.39, 0.29) is 18.2 Å². The van der Waals surface area contributed by atoms with E-state index in [0.717, 1.165) is 22.4 Å². The molecule has 2 saturated heterocycles. The summed E-state index contributed by atoms with van der Waals surface area (Å²) in [6.07, 6.45) is 3.30. The molecule has 190 valence electrons. The Balaban J connectivity index is 1.43. The number of pyridine rings is 1. The van der Waals surface area contributed by atoms with Crippen LogP contribution in [0.4, 0.5) is 22.0 Å². The molecule has 9 nitrogen and oxygen atoms in total. The van der Waals surface area contributed by atoms with Gasteiger partial charge in [0.15, 0.2) is 0 Å². The van der Waals surface area contributed by atoms with Gasteiger partial charge in [0.25, 0.3) is 0 Å². The van der Waals surface area contributed by atoms with E-state index in [1.165, 1.54) is 0 Å². The van der Waals surface area contributed by atoms with Crippen molar-refractivity contribution in [3.05, 3.63) is 71.9 Å². The van der Waals surface area contributed by atoms with Crippen molar-refractivity contribution in [3.63, 3.8) is 0 Å². The Morgan fingerprint density at radius 3 is 2.51 bits per heavy atom. The highest BCUT2D eigenvalue weighted by Crippen LogP contribution is 2.35. The quantitative estimate of drug-likeness (QED) is 0.529. The first kappa shape index (κ1) is 24.5. The van der Waals surface area contributed by atoms with Crippen molar-refractivity contribution in [2.45, 2.75) is 32.4 Å². The number of hydrogen-bond donors (Lipinski definition) is 1. The molecular formula is C28H29N5O4. The third-order valence-corrected chi connectivity index (χ3v) is 6.98. The number of amides is 4. The normalized spacial score (nSPS) is 17.7. The van der Waals surface area contributed by atoms with Crippen LogP contribution in [0.1, 0.15) is 35.7 Å². The molecule has 0 unspecified atom stereocenters. The Morgan fingerprint density at radius 2 is 1.81 bits per heavy atom. The zero-order valence-corrected chi connectivity index (χ0v) is 20.9. The standard InChI is InChI=1S/C28H29N5O4/c1-3-22-23(18-7-9-20(10-8-18)33-24(34)11-12-25(33)37-2)13-14-30-27(22)32-16-15-31(28(32)36)21-6-4-5-19(17-21)26(29)35/h4-10,13-14,17,25H,3,11-12,15-16H2,1-2H3,(H2,29,35)/t25-/m1/s1. The lowest BCUT2D eigenvalue weighted by Gasteiger charge is -2.24. The van der Waals surface area contributed by atoms with E-state index in [9.17, 15) is 14.4 Å². The van der Waals surface area contributed by atoms with Crippen molar-refractivity contribution in [2.24, 2.45) is 5.73 Å². The summed E-state index contributed by atoms with van der Waals surface area (Å²) in [7, 11) is 1.62. The molecule has 3 aromatic rings. The number of primary amides is 1. The minimum Gasteiger partial charge on any atom is -0.366 e. The van der Waals surface area contributed by atoms with Gasteiger partial charge < -0.3 is 10.5 Å². The minimum absolute atomic E-state index is 0.0542. The number of aromatic nitrogens is 1. The van der Waals surface area contributed by atoms with Crippen LogP contribution >= 0.6 is 0 Å². The zero-order chi connectivity index (χ0) is 26.1. The highest BCUT2D eigenvalue weighted by Gasteiger charge is 2.34. The van der Waals surface area contributed by atoms with Crippen molar-refractivity contribution in [3.8, 4) is 11.1 Å². The summed E-state index contributed by atoms with van der Waals surface area (Å²) >= 11 is 0. The summed E-state index contributed by atoms with van der Waals surface area (Å²) < 4.78 is 5.47. The monoisotopic (exact) mass is 499 g/mol. The van der Waals surface area contributed by atoms with Gasteiger partial charge in [0.05, 0.1) is 0 Å². The van der Waals surface area contributed by atoms with Crippen molar-refractivity contribution in [1.29, 1.82) is 0 Å². The molecule has 5 rings (SSSR count). The second-order valence-electron chi connectivity index (χ2n) is 9.05. The summed E-state index contributed by atoms with van der Waals surface area (Å²) in [6.45, 7) is 2.98. The number of hydrogen-bond acceptors (Lipinski definition) is 5. The molecule has 2 aliphatic rings. The number of anilines is 3. The molecule has 0 spiro atoms. The van der Waals surface area contributed by atoms with Crippen molar-refractivity contribution in [1.82, 2.24) is 4.98 Å². The highest BCUT2D eigenvalue weighted by atomic mass is 16.5. The van der Waals surface area contributed by atoms with Crippen LogP contribution in [0, 0.1) is 0 Å². The van der Waals surface area contributed by atoms with Crippen LogP contribution in [0.3, 0.4) is 0 Å². The van der Waals surface area contributed by atoms with E-state index < -0.39 is 5.91 Å². The fraction of sp³-hybridized carbons (Fsp3) is 0.286. The smallest absolute Gasteiger partial charge is 0.330 e. The van der Waals surface area contributed by atoms with Crippen LogP contribution < -0.4 is 20.4 Å². The second-order valence-corrected chi connectivity index (χ2v) is 9.05. The second kappa shape index (κ2) is 10.0. The molecule has 0 saturated carbocycles. The Hall–Kier alpha value is -4.24. The molecule has 2 aliphatic heterocycles.